The smallest absolute Gasteiger partial charge is 0.321 e. The average molecular weight is 397 g/mol. The van der Waals surface area contributed by atoms with E-state index in [0.29, 0.717) is 5.89 Å². The van der Waals surface area contributed by atoms with Gasteiger partial charge in [-0.05, 0) is 37.1 Å². The van der Waals surface area contributed by atoms with Gasteiger partial charge in [0.15, 0.2) is 0 Å². The van der Waals surface area contributed by atoms with E-state index in [1.165, 1.54) is 0 Å². The van der Waals surface area contributed by atoms with Gasteiger partial charge in [-0.3, -0.25) is 10.1 Å². The third-order valence-corrected chi connectivity index (χ3v) is 4.34. The van der Waals surface area contributed by atoms with Crippen LogP contribution in [0.1, 0.15) is 12.8 Å². The van der Waals surface area contributed by atoms with E-state index in [-0.39, 0.29) is 17.0 Å². The monoisotopic (exact) mass is 396 g/mol. The number of urea groups is 1. The summed E-state index contributed by atoms with van der Waals surface area (Å²) in [5.74, 6) is 0.00323. The van der Waals surface area contributed by atoms with Crippen molar-refractivity contribution < 1.29 is 14.0 Å². The summed E-state index contributed by atoms with van der Waals surface area (Å²) in [6.45, 7) is 0. The lowest BCUT2D eigenvalue weighted by Crippen LogP contribution is -2.41. The molecule has 1 aliphatic carbocycles. The molecule has 0 aliphatic heterocycles. The number of carbonyl (C=O) groups is 2. The minimum absolute atomic E-state index is 0.0278. The first-order valence-corrected chi connectivity index (χ1v) is 8.70. The molecule has 120 valence electrons. The molecule has 23 heavy (non-hydrogen) atoms. The summed E-state index contributed by atoms with van der Waals surface area (Å²) in [6.07, 6.45) is 1.94. The normalized spacial score (nSPS) is 13.6. The summed E-state index contributed by atoms with van der Waals surface area (Å²) in [5, 5.41) is 13.0. The maximum absolute atomic E-state index is 11.7. The summed E-state index contributed by atoms with van der Waals surface area (Å²) in [5.41, 5.74) is 0.792. The van der Waals surface area contributed by atoms with Gasteiger partial charge in [0.2, 0.25) is 11.8 Å². The number of hydrogen-bond acceptors (Lipinski definition) is 6. The van der Waals surface area contributed by atoms with Gasteiger partial charge in [-0.2, -0.15) is 0 Å². The number of halogens is 1. The second-order valence-corrected chi connectivity index (χ2v) is 6.81. The summed E-state index contributed by atoms with van der Waals surface area (Å²) < 4.78 is 6.44. The zero-order valence-electron chi connectivity index (χ0n) is 11.9. The van der Waals surface area contributed by atoms with Crippen LogP contribution in [0.15, 0.2) is 38.4 Å². The molecule has 3 rings (SSSR count). The highest BCUT2D eigenvalue weighted by Gasteiger charge is 2.24. The van der Waals surface area contributed by atoms with Crippen molar-refractivity contribution in [3.8, 4) is 11.5 Å². The zero-order valence-corrected chi connectivity index (χ0v) is 14.3. The van der Waals surface area contributed by atoms with Crippen molar-refractivity contribution >= 4 is 39.6 Å². The van der Waals surface area contributed by atoms with Crippen molar-refractivity contribution in [2.24, 2.45) is 0 Å². The molecule has 1 aromatic carbocycles. The highest BCUT2D eigenvalue weighted by molar-refractivity contribution is 9.10. The number of benzene rings is 1. The van der Waals surface area contributed by atoms with E-state index in [1.807, 2.05) is 24.3 Å². The van der Waals surface area contributed by atoms with Crippen LogP contribution in [0.5, 0.6) is 0 Å². The van der Waals surface area contributed by atoms with Gasteiger partial charge in [0, 0.05) is 16.1 Å². The number of thioether (sulfide) groups is 1. The number of carbonyl (C=O) groups excluding carboxylic acids is 2. The van der Waals surface area contributed by atoms with E-state index in [9.17, 15) is 9.59 Å². The molecule has 3 amide bonds. The number of amides is 3. The van der Waals surface area contributed by atoms with Gasteiger partial charge >= 0.3 is 6.03 Å². The molecule has 0 atom stereocenters. The lowest BCUT2D eigenvalue weighted by Gasteiger charge is -2.03. The van der Waals surface area contributed by atoms with Crippen LogP contribution in [0.4, 0.5) is 4.79 Å². The quantitative estimate of drug-likeness (QED) is 0.753. The molecule has 0 bridgehead atoms. The summed E-state index contributed by atoms with van der Waals surface area (Å²) in [7, 11) is 0. The Kier molecular flexibility index (Phi) is 4.97. The largest absolute Gasteiger partial charge is 0.411 e. The number of aromatic nitrogens is 2. The van der Waals surface area contributed by atoms with Crippen molar-refractivity contribution in [3.05, 3.63) is 28.7 Å². The Morgan fingerprint density at radius 1 is 1.26 bits per heavy atom. The molecular formula is C14H13BrN4O3S. The molecule has 1 aliphatic rings. The molecule has 1 heterocycles. The second kappa shape index (κ2) is 7.14. The van der Waals surface area contributed by atoms with E-state index >= 15 is 0 Å². The van der Waals surface area contributed by atoms with Gasteiger partial charge in [0.1, 0.15) is 0 Å². The standard InChI is InChI=1S/C14H13BrN4O3S/c15-9-3-1-8(2-4-9)12-18-19-14(22-12)23-7-11(20)17-13(21)16-10-5-6-10/h1-4,10H,5-7H2,(H2,16,17,20,21). The van der Waals surface area contributed by atoms with Crippen molar-refractivity contribution in [3.63, 3.8) is 0 Å². The van der Waals surface area contributed by atoms with Crippen LogP contribution in [0.2, 0.25) is 0 Å². The lowest BCUT2D eigenvalue weighted by atomic mass is 10.2. The fourth-order valence-corrected chi connectivity index (χ4v) is 2.54. The third kappa shape index (κ3) is 4.80. The fraction of sp³-hybridized carbons (Fsp3) is 0.286. The van der Waals surface area contributed by atoms with Crippen LogP contribution in [0.3, 0.4) is 0 Å². The summed E-state index contributed by atoms with van der Waals surface area (Å²) in [4.78, 5) is 23.1. The third-order valence-electron chi connectivity index (χ3n) is 2.99. The van der Waals surface area contributed by atoms with E-state index < -0.39 is 11.9 Å². The minimum atomic E-state index is -0.459. The van der Waals surface area contributed by atoms with Crippen LogP contribution < -0.4 is 10.6 Å². The summed E-state index contributed by atoms with van der Waals surface area (Å²) >= 11 is 4.44. The molecular weight excluding hydrogens is 384 g/mol. The Bertz CT molecular complexity index is 715. The molecule has 9 heteroatoms. The number of nitrogens with one attached hydrogen (secondary N) is 2. The van der Waals surface area contributed by atoms with Gasteiger partial charge in [0.25, 0.3) is 5.22 Å². The Morgan fingerprint density at radius 2 is 2.00 bits per heavy atom. The van der Waals surface area contributed by atoms with Crippen LogP contribution in [-0.4, -0.2) is 33.9 Å². The van der Waals surface area contributed by atoms with E-state index in [1.54, 1.807) is 0 Å². The molecule has 0 radical (unpaired) electrons. The summed E-state index contributed by atoms with van der Waals surface area (Å²) in [6, 6.07) is 7.19. The van der Waals surface area contributed by atoms with Gasteiger partial charge in [-0.1, -0.05) is 27.7 Å². The van der Waals surface area contributed by atoms with Gasteiger partial charge in [0.05, 0.1) is 5.75 Å². The molecule has 1 fully saturated rings. The van der Waals surface area contributed by atoms with Gasteiger partial charge in [-0.25, -0.2) is 4.79 Å². The molecule has 2 N–H and O–H groups in total. The van der Waals surface area contributed by atoms with Gasteiger partial charge in [-0.15, -0.1) is 10.2 Å². The topological polar surface area (TPSA) is 97.1 Å². The van der Waals surface area contributed by atoms with Crippen LogP contribution in [-0.2, 0) is 4.79 Å². The number of imide groups is 1. The Balaban J connectivity index is 1.49. The first-order valence-electron chi connectivity index (χ1n) is 6.93. The molecule has 0 saturated heterocycles. The second-order valence-electron chi connectivity index (χ2n) is 4.96. The van der Waals surface area contributed by atoms with Crippen LogP contribution in [0.25, 0.3) is 11.5 Å². The van der Waals surface area contributed by atoms with Crippen molar-refractivity contribution in [2.75, 3.05) is 5.75 Å². The van der Waals surface area contributed by atoms with Crippen LogP contribution in [0, 0.1) is 0 Å². The number of hydrogen-bond donors (Lipinski definition) is 2. The maximum Gasteiger partial charge on any atom is 0.321 e. The molecule has 1 aromatic heterocycles. The Labute approximate surface area is 144 Å². The van der Waals surface area contributed by atoms with Gasteiger partial charge < -0.3 is 9.73 Å². The zero-order chi connectivity index (χ0) is 16.2. The molecule has 2 aromatic rings. The maximum atomic E-state index is 11.7. The lowest BCUT2D eigenvalue weighted by molar-refractivity contribution is -0.117. The minimum Gasteiger partial charge on any atom is -0.411 e. The molecule has 7 nitrogen and oxygen atoms in total. The highest BCUT2D eigenvalue weighted by atomic mass is 79.9. The first kappa shape index (κ1) is 16.0. The fourth-order valence-electron chi connectivity index (χ4n) is 1.72. The Morgan fingerprint density at radius 3 is 2.70 bits per heavy atom. The van der Waals surface area contributed by atoms with Crippen molar-refractivity contribution in [1.82, 2.24) is 20.8 Å². The molecule has 1 saturated carbocycles. The number of nitrogens with zero attached hydrogens (tertiary/aromatic N) is 2. The Hall–Kier alpha value is -1.87. The highest BCUT2D eigenvalue weighted by Crippen LogP contribution is 2.24. The average Bonchev–Trinajstić information content (AvgIpc) is 3.20. The SMILES string of the molecule is O=C(CSc1nnc(-c2ccc(Br)cc2)o1)NC(=O)NC1CC1. The van der Waals surface area contributed by atoms with E-state index in [0.717, 1.165) is 34.6 Å². The van der Waals surface area contributed by atoms with E-state index in [2.05, 4.69) is 36.8 Å². The van der Waals surface area contributed by atoms with Crippen LogP contribution >= 0.6 is 27.7 Å². The number of rotatable bonds is 5. The van der Waals surface area contributed by atoms with E-state index in [4.69, 9.17) is 4.42 Å². The van der Waals surface area contributed by atoms with Crippen molar-refractivity contribution in [1.29, 1.82) is 0 Å². The predicted octanol–water partition coefficient (Wildman–Crippen LogP) is 2.58. The molecule has 0 unspecified atom stereocenters. The van der Waals surface area contributed by atoms with Crippen molar-refractivity contribution in [2.45, 2.75) is 24.1 Å². The molecule has 0 spiro atoms. The predicted molar refractivity (Wildman–Crippen MR) is 87.9 cm³/mol. The first-order chi connectivity index (χ1) is 11.1.